The average molecular weight is 549 g/mol. The van der Waals surface area contributed by atoms with Gasteiger partial charge in [-0.25, -0.2) is 10.0 Å². The monoisotopic (exact) mass is 548 g/mol. The summed E-state index contributed by atoms with van der Waals surface area (Å²) in [5.74, 6) is 1.66. The summed E-state index contributed by atoms with van der Waals surface area (Å²) >= 11 is 10.8. The van der Waals surface area contributed by atoms with Crippen LogP contribution in [-0.2, 0) is 0 Å². The lowest BCUT2D eigenvalue weighted by Gasteiger charge is -2.22. The molecule has 0 aliphatic heterocycles. The Kier molecular flexibility index (Phi) is 11.7. The largest absolute Gasteiger partial charge is 0.497 e. The first-order valence-corrected chi connectivity index (χ1v) is 11.9. The molecule has 12 heteroatoms. The molecule has 2 aromatic carbocycles. The van der Waals surface area contributed by atoms with Crippen LogP contribution >= 0.6 is 24.4 Å². The minimum absolute atomic E-state index is 0.0284. The van der Waals surface area contributed by atoms with Crippen LogP contribution < -0.4 is 29.8 Å². The standard InChI is InChI=1S/C25H32N4O6S2/c1-28(14-20(30)18-11-16(32-3)7-9-22(18)34-5)26-24(36)13-25(37)27-29(2)15-21(31)19-12-17(33-4)8-10-23(19)35-6/h7-12H,13-15H2,1-6H3,(H,26,36)(H,27,37). The number of thiocarbonyl (C=S) groups is 2. The van der Waals surface area contributed by atoms with Crippen molar-refractivity contribution in [2.45, 2.75) is 6.42 Å². The van der Waals surface area contributed by atoms with Crippen molar-refractivity contribution in [2.75, 3.05) is 55.6 Å². The van der Waals surface area contributed by atoms with E-state index in [2.05, 4.69) is 10.9 Å². The van der Waals surface area contributed by atoms with E-state index in [0.717, 1.165) is 0 Å². The number of nitrogens with one attached hydrogen (secondary N) is 2. The van der Waals surface area contributed by atoms with Gasteiger partial charge in [0.05, 0.1) is 69.1 Å². The number of methoxy groups -OCH3 is 4. The number of hydrogen-bond donors (Lipinski definition) is 2. The Hall–Kier alpha value is -3.32. The van der Waals surface area contributed by atoms with Gasteiger partial charge in [0.1, 0.15) is 23.0 Å². The van der Waals surface area contributed by atoms with Crippen molar-refractivity contribution in [3.05, 3.63) is 47.5 Å². The Bertz CT molecular complexity index is 1060. The first-order valence-electron chi connectivity index (χ1n) is 11.1. The fraction of sp³-hybridized carbons (Fsp3) is 0.360. The molecule has 0 radical (unpaired) electrons. The lowest BCUT2D eigenvalue weighted by molar-refractivity contribution is 0.0922. The van der Waals surface area contributed by atoms with Crippen molar-refractivity contribution in [1.29, 1.82) is 0 Å². The quantitative estimate of drug-likeness (QED) is 0.206. The molecule has 0 aliphatic rings. The zero-order chi connectivity index (χ0) is 27.5. The predicted molar refractivity (Wildman–Crippen MR) is 149 cm³/mol. The number of benzene rings is 2. The molecule has 2 aromatic rings. The second-order valence-electron chi connectivity index (χ2n) is 7.94. The van der Waals surface area contributed by atoms with Crippen molar-refractivity contribution < 1.29 is 28.5 Å². The number of carbonyl (C=O) groups is 2. The van der Waals surface area contributed by atoms with E-state index in [9.17, 15) is 9.59 Å². The highest BCUT2D eigenvalue weighted by atomic mass is 32.1. The highest BCUT2D eigenvalue weighted by molar-refractivity contribution is 7.82. The molecule has 0 aromatic heterocycles. The average Bonchev–Trinajstić information content (AvgIpc) is 2.87. The maximum atomic E-state index is 12.8. The van der Waals surface area contributed by atoms with Crippen LogP contribution in [0, 0.1) is 0 Å². The Morgan fingerprint density at radius 1 is 0.703 bits per heavy atom. The van der Waals surface area contributed by atoms with E-state index in [1.165, 1.54) is 28.4 Å². The van der Waals surface area contributed by atoms with E-state index < -0.39 is 0 Å². The van der Waals surface area contributed by atoms with Crippen LogP contribution in [0.3, 0.4) is 0 Å². The van der Waals surface area contributed by atoms with E-state index in [1.54, 1.807) is 60.5 Å². The Labute approximate surface area is 227 Å². The Morgan fingerprint density at radius 3 is 1.41 bits per heavy atom. The van der Waals surface area contributed by atoms with Gasteiger partial charge in [-0.1, -0.05) is 24.4 Å². The molecular formula is C25H32N4O6S2. The fourth-order valence-electron chi connectivity index (χ4n) is 3.39. The van der Waals surface area contributed by atoms with Crippen LogP contribution in [0.5, 0.6) is 23.0 Å². The van der Waals surface area contributed by atoms with E-state index in [0.29, 0.717) is 44.1 Å². The van der Waals surface area contributed by atoms with Crippen LogP contribution in [0.15, 0.2) is 36.4 Å². The van der Waals surface area contributed by atoms with E-state index in [4.69, 9.17) is 43.4 Å². The van der Waals surface area contributed by atoms with Crippen molar-refractivity contribution in [1.82, 2.24) is 20.9 Å². The second-order valence-corrected chi connectivity index (χ2v) is 8.92. The number of ether oxygens (including phenoxy) is 4. The number of rotatable bonds is 14. The van der Waals surface area contributed by atoms with Crippen molar-refractivity contribution in [3.63, 3.8) is 0 Å². The van der Waals surface area contributed by atoms with Gasteiger partial charge >= 0.3 is 0 Å². The summed E-state index contributed by atoms with van der Waals surface area (Å²) in [6.45, 7) is 0.0568. The minimum atomic E-state index is -0.180. The molecule has 10 nitrogen and oxygen atoms in total. The predicted octanol–water partition coefficient (Wildman–Crippen LogP) is 2.70. The van der Waals surface area contributed by atoms with Crippen molar-refractivity contribution in [2.24, 2.45) is 0 Å². The molecule has 2 N–H and O–H groups in total. The third-order valence-corrected chi connectivity index (χ3v) is 5.60. The second kappa shape index (κ2) is 14.4. The number of hydrogen-bond acceptors (Lipinski definition) is 10. The lowest BCUT2D eigenvalue weighted by atomic mass is 10.1. The number of nitrogens with zero attached hydrogens (tertiary/aromatic N) is 2. The van der Waals surface area contributed by atoms with Crippen LogP contribution in [0.2, 0.25) is 0 Å². The summed E-state index contributed by atoms with van der Waals surface area (Å²) in [6, 6.07) is 10.1. The minimum Gasteiger partial charge on any atom is -0.497 e. The third kappa shape index (κ3) is 8.93. The summed E-state index contributed by atoms with van der Waals surface area (Å²) in [4.78, 5) is 26.4. The maximum absolute atomic E-state index is 12.8. The van der Waals surface area contributed by atoms with Gasteiger partial charge in [0.2, 0.25) is 0 Å². The topological polar surface area (TPSA) is 102 Å². The van der Waals surface area contributed by atoms with E-state index in [1.807, 2.05) is 0 Å². The molecule has 0 fully saturated rings. The molecule has 0 saturated carbocycles. The summed E-state index contributed by atoms with van der Waals surface area (Å²) in [7, 11) is 9.45. The van der Waals surface area contributed by atoms with Gasteiger partial charge in [-0.3, -0.25) is 9.59 Å². The molecule has 2 rings (SSSR count). The van der Waals surface area contributed by atoms with Gasteiger partial charge in [-0.05, 0) is 36.4 Å². The van der Waals surface area contributed by atoms with Crippen molar-refractivity contribution >= 4 is 46.0 Å². The zero-order valence-corrected chi connectivity index (χ0v) is 23.4. The van der Waals surface area contributed by atoms with E-state index in [-0.39, 0.29) is 31.1 Å². The smallest absolute Gasteiger partial charge is 0.182 e. The molecule has 0 atom stereocenters. The highest BCUT2D eigenvalue weighted by Crippen LogP contribution is 2.25. The normalized spacial score (nSPS) is 10.6. The molecule has 0 spiro atoms. The van der Waals surface area contributed by atoms with Gasteiger partial charge in [0.25, 0.3) is 0 Å². The van der Waals surface area contributed by atoms with Crippen molar-refractivity contribution in [3.8, 4) is 23.0 Å². The third-order valence-electron chi connectivity index (χ3n) is 5.13. The van der Waals surface area contributed by atoms with Gasteiger partial charge < -0.3 is 29.8 Å². The van der Waals surface area contributed by atoms with Gasteiger partial charge in [-0.15, -0.1) is 0 Å². The SMILES string of the molecule is COc1ccc(OC)c(C(=O)CN(C)NC(=S)CC(=S)NN(C)CC(=O)c2cc(OC)ccc2OC)c1. The maximum Gasteiger partial charge on any atom is 0.182 e. The van der Waals surface area contributed by atoms with Gasteiger partial charge in [0, 0.05) is 14.1 Å². The summed E-state index contributed by atoms with van der Waals surface area (Å²) < 4.78 is 21.0. The molecule has 0 saturated heterocycles. The van der Waals surface area contributed by atoms with Crippen LogP contribution in [0.25, 0.3) is 0 Å². The Morgan fingerprint density at radius 2 is 1.08 bits per heavy atom. The molecule has 200 valence electrons. The lowest BCUT2D eigenvalue weighted by Crippen LogP contribution is -2.45. The number of carbonyl (C=O) groups excluding carboxylic acids is 2. The first kappa shape index (κ1) is 29.9. The number of Topliss-reactive ketones (excluding diaryl/α,β-unsaturated/α-hetero) is 2. The summed E-state index contributed by atoms with van der Waals surface area (Å²) in [5, 5.41) is 3.13. The first-order chi connectivity index (χ1) is 17.6. The molecule has 0 unspecified atom stereocenters. The summed E-state index contributed by atoms with van der Waals surface area (Å²) in [5.41, 5.74) is 6.75. The Balaban J connectivity index is 1.87. The number of likely N-dealkylation sites (N-methyl/N-ethyl adjacent to an activating group) is 2. The fourth-order valence-corrected chi connectivity index (χ4v) is 4.09. The van der Waals surface area contributed by atoms with Gasteiger partial charge in [0.15, 0.2) is 11.6 Å². The highest BCUT2D eigenvalue weighted by Gasteiger charge is 2.18. The van der Waals surface area contributed by atoms with Crippen LogP contribution in [-0.4, -0.2) is 87.2 Å². The molecule has 0 bridgehead atoms. The number of ketones is 2. The number of hydrazine groups is 2. The molecule has 0 amide bonds. The van der Waals surface area contributed by atoms with Crippen LogP contribution in [0.4, 0.5) is 0 Å². The van der Waals surface area contributed by atoms with Crippen LogP contribution in [0.1, 0.15) is 27.1 Å². The summed E-state index contributed by atoms with van der Waals surface area (Å²) in [6.07, 6.45) is 0.215. The van der Waals surface area contributed by atoms with Gasteiger partial charge in [-0.2, -0.15) is 0 Å². The molecule has 0 aliphatic carbocycles. The zero-order valence-electron chi connectivity index (χ0n) is 21.7. The van der Waals surface area contributed by atoms with E-state index >= 15 is 0 Å². The molecular weight excluding hydrogens is 516 g/mol. The molecule has 0 heterocycles. The molecule has 37 heavy (non-hydrogen) atoms.